The van der Waals surface area contributed by atoms with Crippen LogP contribution in [0.5, 0.6) is 0 Å². The number of rotatable bonds is 4. The van der Waals surface area contributed by atoms with Crippen LogP contribution in [0.25, 0.3) is 0 Å². The van der Waals surface area contributed by atoms with Gasteiger partial charge >= 0.3 is 0 Å². The van der Waals surface area contributed by atoms with E-state index in [1.807, 2.05) is 0 Å². The van der Waals surface area contributed by atoms with Crippen molar-refractivity contribution in [1.82, 2.24) is 10.2 Å². The second kappa shape index (κ2) is 6.72. The zero-order valence-electron chi connectivity index (χ0n) is 11.5. The van der Waals surface area contributed by atoms with Crippen LogP contribution in [0.2, 0.25) is 0 Å². The molecule has 0 aromatic carbocycles. The van der Waals surface area contributed by atoms with Crippen LogP contribution in [0.4, 0.5) is 0 Å². The Hall–Kier alpha value is -0.120. The van der Waals surface area contributed by atoms with E-state index in [0.717, 1.165) is 25.2 Å². The maximum absolute atomic E-state index is 5.76. The normalized spacial score (nSPS) is 36.0. The highest BCUT2D eigenvalue weighted by atomic mass is 16.5. The Bertz CT molecular complexity index is 216. The number of ether oxygens (including phenoxy) is 1. The predicted octanol–water partition coefficient (Wildman–Crippen LogP) is 2.02. The van der Waals surface area contributed by atoms with Crippen molar-refractivity contribution in [2.24, 2.45) is 0 Å². The first kappa shape index (κ1) is 13.3. The van der Waals surface area contributed by atoms with E-state index >= 15 is 0 Å². The molecule has 0 saturated carbocycles. The first-order chi connectivity index (χ1) is 8.25. The fourth-order valence-corrected chi connectivity index (χ4v) is 2.96. The highest BCUT2D eigenvalue weighted by Gasteiger charge is 2.22. The standard InChI is InChI=1S/C14H28N2O/c1-12-11-13(7-9-16(12)2)15-8-6-14-5-3-4-10-17-14/h12-15H,3-11H2,1-2H3. The van der Waals surface area contributed by atoms with Crippen LogP contribution >= 0.6 is 0 Å². The fraction of sp³-hybridized carbons (Fsp3) is 1.00. The van der Waals surface area contributed by atoms with Gasteiger partial charge in [-0.25, -0.2) is 0 Å². The summed E-state index contributed by atoms with van der Waals surface area (Å²) in [5, 5.41) is 3.71. The van der Waals surface area contributed by atoms with Gasteiger partial charge in [-0.05, 0) is 65.6 Å². The molecular formula is C14H28N2O. The van der Waals surface area contributed by atoms with Gasteiger partial charge < -0.3 is 15.0 Å². The van der Waals surface area contributed by atoms with Gasteiger partial charge in [0.15, 0.2) is 0 Å². The van der Waals surface area contributed by atoms with Gasteiger partial charge in [0.2, 0.25) is 0 Å². The van der Waals surface area contributed by atoms with Crippen molar-refractivity contribution in [1.29, 1.82) is 0 Å². The summed E-state index contributed by atoms with van der Waals surface area (Å²) in [7, 11) is 2.23. The number of piperidine rings is 1. The molecule has 0 aliphatic carbocycles. The second-order valence-electron chi connectivity index (χ2n) is 5.78. The maximum atomic E-state index is 5.76. The van der Waals surface area contributed by atoms with Gasteiger partial charge in [-0.15, -0.1) is 0 Å². The zero-order chi connectivity index (χ0) is 12.1. The lowest BCUT2D eigenvalue weighted by Gasteiger charge is -2.35. The number of hydrogen-bond donors (Lipinski definition) is 1. The summed E-state index contributed by atoms with van der Waals surface area (Å²) < 4.78 is 5.76. The van der Waals surface area contributed by atoms with Gasteiger partial charge in [-0.3, -0.25) is 0 Å². The zero-order valence-corrected chi connectivity index (χ0v) is 11.5. The van der Waals surface area contributed by atoms with Crippen molar-refractivity contribution in [3.63, 3.8) is 0 Å². The highest BCUT2D eigenvalue weighted by Crippen LogP contribution is 2.17. The summed E-state index contributed by atoms with van der Waals surface area (Å²) in [6.45, 7) is 5.68. The summed E-state index contributed by atoms with van der Waals surface area (Å²) in [4.78, 5) is 2.46. The summed E-state index contributed by atoms with van der Waals surface area (Å²) in [5.74, 6) is 0. The Morgan fingerprint density at radius 3 is 2.88 bits per heavy atom. The van der Waals surface area contributed by atoms with Gasteiger partial charge in [-0.1, -0.05) is 0 Å². The van der Waals surface area contributed by atoms with E-state index in [9.17, 15) is 0 Å². The molecule has 0 aromatic rings. The van der Waals surface area contributed by atoms with E-state index in [1.165, 1.54) is 45.1 Å². The van der Waals surface area contributed by atoms with Crippen LogP contribution in [0, 0.1) is 0 Å². The molecule has 17 heavy (non-hydrogen) atoms. The van der Waals surface area contributed by atoms with Crippen molar-refractivity contribution in [2.45, 2.75) is 63.6 Å². The van der Waals surface area contributed by atoms with Gasteiger partial charge in [-0.2, -0.15) is 0 Å². The molecule has 2 aliphatic rings. The summed E-state index contributed by atoms with van der Waals surface area (Å²) in [6, 6.07) is 1.46. The maximum Gasteiger partial charge on any atom is 0.0587 e. The predicted molar refractivity (Wildman–Crippen MR) is 71.3 cm³/mol. The van der Waals surface area contributed by atoms with Crippen molar-refractivity contribution in [3.8, 4) is 0 Å². The van der Waals surface area contributed by atoms with E-state index in [4.69, 9.17) is 4.74 Å². The molecule has 3 heteroatoms. The average Bonchev–Trinajstić information content (AvgIpc) is 2.35. The van der Waals surface area contributed by atoms with Crippen LogP contribution in [0.1, 0.15) is 45.4 Å². The van der Waals surface area contributed by atoms with E-state index in [1.54, 1.807) is 0 Å². The minimum atomic E-state index is 0.528. The molecule has 2 saturated heterocycles. The minimum absolute atomic E-state index is 0.528. The quantitative estimate of drug-likeness (QED) is 0.813. The lowest BCUT2D eigenvalue weighted by molar-refractivity contribution is 0.0107. The SMILES string of the molecule is CC1CC(NCCC2CCCCO2)CCN1C. The van der Waals surface area contributed by atoms with Crippen LogP contribution < -0.4 is 5.32 Å². The molecule has 100 valence electrons. The Morgan fingerprint density at radius 1 is 1.29 bits per heavy atom. The topological polar surface area (TPSA) is 24.5 Å². The fourth-order valence-electron chi connectivity index (χ4n) is 2.96. The molecule has 0 amide bonds. The lowest BCUT2D eigenvalue weighted by Crippen LogP contribution is -2.46. The molecule has 3 unspecified atom stereocenters. The van der Waals surface area contributed by atoms with E-state index in [-0.39, 0.29) is 0 Å². The minimum Gasteiger partial charge on any atom is -0.378 e. The Labute approximate surface area is 106 Å². The lowest BCUT2D eigenvalue weighted by atomic mass is 9.98. The Morgan fingerprint density at radius 2 is 2.18 bits per heavy atom. The summed E-state index contributed by atoms with van der Waals surface area (Å²) in [5.41, 5.74) is 0. The summed E-state index contributed by atoms with van der Waals surface area (Å²) in [6.07, 6.45) is 8.20. The smallest absolute Gasteiger partial charge is 0.0587 e. The molecule has 0 radical (unpaired) electrons. The van der Waals surface area contributed by atoms with Gasteiger partial charge in [0.05, 0.1) is 6.10 Å². The summed E-state index contributed by atoms with van der Waals surface area (Å²) >= 11 is 0. The molecule has 2 aliphatic heterocycles. The number of likely N-dealkylation sites (tertiary alicyclic amines) is 1. The van der Waals surface area contributed by atoms with Crippen LogP contribution in [0.15, 0.2) is 0 Å². The Balaban J connectivity index is 1.58. The first-order valence-electron chi connectivity index (χ1n) is 7.31. The number of nitrogens with zero attached hydrogens (tertiary/aromatic N) is 1. The largest absolute Gasteiger partial charge is 0.378 e. The third-order valence-corrected chi connectivity index (χ3v) is 4.38. The monoisotopic (exact) mass is 240 g/mol. The Kier molecular flexibility index (Phi) is 5.26. The van der Waals surface area contributed by atoms with Crippen molar-refractivity contribution in [2.75, 3.05) is 26.7 Å². The van der Waals surface area contributed by atoms with Gasteiger partial charge in [0, 0.05) is 18.7 Å². The molecular weight excluding hydrogens is 212 g/mol. The molecule has 1 N–H and O–H groups in total. The van der Waals surface area contributed by atoms with Crippen molar-refractivity contribution in [3.05, 3.63) is 0 Å². The first-order valence-corrected chi connectivity index (χ1v) is 7.31. The molecule has 0 bridgehead atoms. The third kappa shape index (κ3) is 4.23. The second-order valence-corrected chi connectivity index (χ2v) is 5.78. The van der Waals surface area contributed by atoms with Crippen LogP contribution in [-0.4, -0.2) is 49.8 Å². The molecule has 3 nitrogen and oxygen atoms in total. The molecule has 2 fully saturated rings. The highest BCUT2D eigenvalue weighted by molar-refractivity contribution is 4.81. The number of nitrogens with one attached hydrogen (secondary N) is 1. The molecule has 0 aromatic heterocycles. The van der Waals surface area contributed by atoms with E-state index in [0.29, 0.717) is 6.10 Å². The van der Waals surface area contributed by atoms with Gasteiger partial charge in [0.1, 0.15) is 0 Å². The van der Waals surface area contributed by atoms with E-state index in [2.05, 4.69) is 24.2 Å². The van der Waals surface area contributed by atoms with E-state index < -0.39 is 0 Å². The molecule has 0 spiro atoms. The molecule has 2 rings (SSSR count). The van der Waals surface area contributed by atoms with Crippen LogP contribution in [-0.2, 0) is 4.74 Å². The molecule has 3 atom stereocenters. The average molecular weight is 240 g/mol. The number of hydrogen-bond acceptors (Lipinski definition) is 3. The van der Waals surface area contributed by atoms with Crippen molar-refractivity contribution < 1.29 is 4.74 Å². The molecule has 2 heterocycles. The van der Waals surface area contributed by atoms with Crippen molar-refractivity contribution >= 4 is 0 Å². The van der Waals surface area contributed by atoms with Crippen LogP contribution in [0.3, 0.4) is 0 Å². The van der Waals surface area contributed by atoms with Gasteiger partial charge in [0.25, 0.3) is 0 Å². The third-order valence-electron chi connectivity index (χ3n) is 4.38.